The maximum atomic E-state index is 9.90. The summed E-state index contributed by atoms with van der Waals surface area (Å²) in [4.78, 5) is 16.2. The Balaban J connectivity index is 1.38. The second kappa shape index (κ2) is 8.48. The van der Waals surface area contributed by atoms with Gasteiger partial charge in [-0.05, 0) is 61.2 Å². The third-order valence-corrected chi connectivity index (χ3v) is 6.67. The van der Waals surface area contributed by atoms with Crippen LogP contribution in [0.4, 0.5) is 17.3 Å². The van der Waals surface area contributed by atoms with Gasteiger partial charge in [-0.15, -0.1) is 0 Å². The number of morpholine rings is 1. The number of pyridine rings is 1. The van der Waals surface area contributed by atoms with Crippen molar-refractivity contribution >= 4 is 17.3 Å². The third kappa shape index (κ3) is 3.94. The first-order chi connectivity index (χ1) is 15.6. The summed E-state index contributed by atoms with van der Waals surface area (Å²) < 4.78 is 5.46. The molecule has 1 fully saturated rings. The summed E-state index contributed by atoms with van der Waals surface area (Å²) in [5, 5.41) is 13.3. The molecule has 0 radical (unpaired) electrons. The number of benzene rings is 1. The number of anilines is 3. The van der Waals surface area contributed by atoms with Gasteiger partial charge in [0.1, 0.15) is 0 Å². The molecule has 3 heterocycles. The van der Waals surface area contributed by atoms with Crippen molar-refractivity contribution in [3.63, 3.8) is 0 Å². The molecule has 0 bridgehead atoms. The van der Waals surface area contributed by atoms with Gasteiger partial charge in [0.15, 0.2) is 0 Å². The predicted molar refractivity (Wildman–Crippen MR) is 126 cm³/mol. The Kier molecular flexibility index (Phi) is 5.53. The van der Waals surface area contributed by atoms with Crippen LogP contribution >= 0.6 is 0 Å². The minimum Gasteiger partial charge on any atom is -0.395 e. The van der Waals surface area contributed by atoms with Crippen LogP contribution in [0.15, 0.2) is 42.7 Å². The van der Waals surface area contributed by atoms with Gasteiger partial charge in [0.05, 0.1) is 25.5 Å². The molecule has 0 amide bonds. The minimum absolute atomic E-state index is 0.126. The van der Waals surface area contributed by atoms with E-state index in [0.29, 0.717) is 5.95 Å². The highest BCUT2D eigenvalue weighted by Gasteiger charge is 2.35. The molecular weight excluding hydrogens is 402 g/mol. The van der Waals surface area contributed by atoms with Gasteiger partial charge in [-0.2, -0.15) is 0 Å². The van der Waals surface area contributed by atoms with E-state index in [1.54, 1.807) is 6.20 Å². The summed E-state index contributed by atoms with van der Waals surface area (Å²) >= 11 is 0. The van der Waals surface area contributed by atoms with E-state index < -0.39 is 0 Å². The fourth-order valence-corrected chi connectivity index (χ4v) is 4.55. The summed E-state index contributed by atoms with van der Waals surface area (Å²) in [5.74, 6) is 0.551. The van der Waals surface area contributed by atoms with Crippen molar-refractivity contribution in [3.05, 3.63) is 59.5 Å². The Hall–Kier alpha value is -3.03. The van der Waals surface area contributed by atoms with Crippen LogP contribution in [-0.4, -0.2) is 53.0 Å². The van der Waals surface area contributed by atoms with Crippen molar-refractivity contribution < 1.29 is 9.84 Å². The molecule has 2 aromatic heterocycles. The van der Waals surface area contributed by atoms with Gasteiger partial charge < -0.3 is 20.1 Å². The molecule has 0 spiro atoms. The molecule has 7 heteroatoms. The number of nitrogens with one attached hydrogen (secondary N) is 1. The standard InChI is InChI=1S/C25H29N5O2/c1-17-13-19(30-9-11-32-12-10-30)3-4-21(17)28-24-26-8-6-22(29-24)18-14-20-23(27-15-18)5-7-25(20,2)16-31/h3-4,6,8,13-15,31H,5,7,9-12,16H2,1-2H3,(H,26,28,29). The lowest BCUT2D eigenvalue weighted by Crippen LogP contribution is -2.36. The van der Waals surface area contributed by atoms with Crippen LogP contribution in [0, 0.1) is 6.92 Å². The Morgan fingerprint density at radius 1 is 1.16 bits per heavy atom. The van der Waals surface area contributed by atoms with Gasteiger partial charge >= 0.3 is 0 Å². The lowest BCUT2D eigenvalue weighted by atomic mass is 9.85. The topological polar surface area (TPSA) is 83.4 Å². The molecule has 1 aliphatic heterocycles. The third-order valence-electron chi connectivity index (χ3n) is 6.67. The van der Waals surface area contributed by atoms with Crippen LogP contribution in [0.2, 0.25) is 0 Å². The van der Waals surface area contributed by atoms with E-state index in [4.69, 9.17) is 9.72 Å². The number of aliphatic hydroxyl groups excluding tert-OH is 1. The fourth-order valence-electron chi connectivity index (χ4n) is 4.55. The van der Waals surface area contributed by atoms with E-state index in [9.17, 15) is 5.11 Å². The molecule has 1 atom stereocenters. The molecular formula is C25H29N5O2. The molecule has 166 valence electrons. The van der Waals surface area contributed by atoms with Crippen molar-refractivity contribution in [3.8, 4) is 11.3 Å². The molecule has 3 aromatic rings. The van der Waals surface area contributed by atoms with Gasteiger partial charge in [0.2, 0.25) is 5.95 Å². The van der Waals surface area contributed by atoms with E-state index in [1.165, 1.54) is 5.69 Å². The lowest BCUT2D eigenvalue weighted by Gasteiger charge is -2.29. The van der Waals surface area contributed by atoms with Crippen molar-refractivity contribution in [2.75, 3.05) is 43.1 Å². The normalized spacial score (nSPS) is 20.3. The first-order valence-corrected chi connectivity index (χ1v) is 11.2. The van der Waals surface area contributed by atoms with Crippen molar-refractivity contribution in [2.24, 2.45) is 0 Å². The van der Waals surface area contributed by atoms with Crippen molar-refractivity contribution in [1.29, 1.82) is 0 Å². The number of rotatable bonds is 5. The Morgan fingerprint density at radius 3 is 2.78 bits per heavy atom. The average Bonchev–Trinajstić information content (AvgIpc) is 3.18. The highest BCUT2D eigenvalue weighted by atomic mass is 16.5. The quantitative estimate of drug-likeness (QED) is 0.638. The molecule has 32 heavy (non-hydrogen) atoms. The van der Waals surface area contributed by atoms with Crippen LogP contribution in [-0.2, 0) is 16.6 Å². The van der Waals surface area contributed by atoms with E-state index in [-0.39, 0.29) is 12.0 Å². The van der Waals surface area contributed by atoms with Crippen molar-refractivity contribution in [2.45, 2.75) is 32.1 Å². The van der Waals surface area contributed by atoms with Crippen molar-refractivity contribution in [1.82, 2.24) is 15.0 Å². The number of nitrogens with zero attached hydrogens (tertiary/aromatic N) is 4. The number of hydrogen-bond acceptors (Lipinski definition) is 7. The summed E-state index contributed by atoms with van der Waals surface area (Å²) in [6, 6.07) is 10.4. The van der Waals surface area contributed by atoms with E-state index >= 15 is 0 Å². The molecule has 1 aliphatic carbocycles. The molecule has 2 aliphatic rings. The zero-order valence-electron chi connectivity index (χ0n) is 18.6. The van der Waals surface area contributed by atoms with Gasteiger partial charge in [-0.25, -0.2) is 9.97 Å². The first-order valence-electron chi connectivity index (χ1n) is 11.2. The molecule has 1 unspecified atom stereocenters. The fraction of sp³-hybridized carbons (Fsp3) is 0.400. The Labute approximate surface area is 188 Å². The maximum Gasteiger partial charge on any atom is 0.227 e. The van der Waals surface area contributed by atoms with Crippen LogP contribution in [0.1, 0.15) is 30.2 Å². The highest BCUT2D eigenvalue weighted by molar-refractivity contribution is 5.66. The van der Waals surface area contributed by atoms with E-state index in [2.05, 4.69) is 58.3 Å². The number of aromatic nitrogens is 3. The molecule has 0 saturated carbocycles. The predicted octanol–water partition coefficient (Wildman–Crippen LogP) is 3.62. The number of aryl methyl sites for hydroxylation is 2. The highest BCUT2D eigenvalue weighted by Crippen LogP contribution is 2.39. The molecule has 1 saturated heterocycles. The summed E-state index contributed by atoms with van der Waals surface area (Å²) in [6.45, 7) is 7.70. The van der Waals surface area contributed by atoms with Gasteiger partial charge in [0, 0.05) is 53.5 Å². The van der Waals surface area contributed by atoms with Crippen LogP contribution < -0.4 is 10.2 Å². The lowest BCUT2D eigenvalue weighted by molar-refractivity contribution is 0.122. The van der Waals surface area contributed by atoms with Crippen LogP contribution in [0.25, 0.3) is 11.3 Å². The summed E-state index contributed by atoms with van der Waals surface area (Å²) in [7, 11) is 0. The summed E-state index contributed by atoms with van der Waals surface area (Å²) in [6.07, 6.45) is 5.46. The number of hydrogen-bond donors (Lipinski definition) is 2. The second-order valence-electron chi connectivity index (χ2n) is 8.93. The Bertz CT molecular complexity index is 1130. The van der Waals surface area contributed by atoms with Gasteiger partial charge in [-0.1, -0.05) is 6.92 Å². The minimum atomic E-state index is -0.230. The smallest absolute Gasteiger partial charge is 0.227 e. The SMILES string of the molecule is Cc1cc(N2CCOCC2)ccc1Nc1nccc(-c2cnc3c(c2)C(C)(CO)CC3)n1. The molecule has 5 rings (SSSR count). The summed E-state index contributed by atoms with van der Waals surface area (Å²) in [5.41, 5.74) is 7.06. The van der Waals surface area contributed by atoms with Gasteiger partial charge in [0.25, 0.3) is 0 Å². The number of aliphatic hydroxyl groups is 1. The van der Waals surface area contributed by atoms with Crippen LogP contribution in [0.5, 0.6) is 0 Å². The molecule has 7 nitrogen and oxygen atoms in total. The van der Waals surface area contributed by atoms with E-state index in [1.807, 2.05) is 12.3 Å². The average molecular weight is 432 g/mol. The monoisotopic (exact) mass is 431 g/mol. The van der Waals surface area contributed by atoms with Crippen LogP contribution in [0.3, 0.4) is 0 Å². The Morgan fingerprint density at radius 2 is 2.00 bits per heavy atom. The van der Waals surface area contributed by atoms with E-state index in [0.717, 1.165) is 72.9 Å². The number of ether oxygens (including phenoxy) is 1. The zero-order chi connectivity index (χ0) is 22.1. The maximum absolute atomic E-state index is 9.90. The molecule has 1 aromatic carbocycles. The zero-order valence-corrected chi connectivity index (χ0v) is 18.6. The molecule has 2 N–H and O–H groups in total. The largest absolute Gasteiger partial charge is 0.395 e. The number of fused-ring (bicyclic) bond motifs is 1. The second-order valence-corrected chi connectivity index (χ2v) is 8.93. The van der Waals surface area contributed by atoms with Gasteiger partial charge in [-0.3, -0.25) is 4.98 Å². The first kappa shape index (κ1) is 20.8.